The van der Waals surface area contributed by atoms with Crippen molar-refractivity contribution in [2.24, 2.45) is 20.0 Å². The third-order valence-corrected chi connectivity index (χ3v) is 21.5. The Kier molecular flexibility index (Phi) is 28.3. The highest BCUT2D eigenvalue weighted by Gasteiger charge is 2.48. The van der Waals surface area contributed by atoms with Crippen LogP contribution >= 0.6 is 0 Å². The zero-order valence-electron chi connectivity index (χ0n) is 71.6. The van der Waals surface area contributed by atoms with Crippen LogP contribution in [-0.2, 0) is 28.5 Å². The Morgan fingerprint density at radius 1 is 0.444 bits per heavy atom. The average molecular weight is 1830 g/mol. The minimum atomic E-state index is -1.40. The number of aryl methyl sites for hydroxylation is 2. The lowest BCUT2D eigenvalue weighted by Gasteiger charge is -2.12. The van der Waals surface area contributed by atoms with Gasteiger partial charge in [0, 0.05) is 89.9 Å². The Labute approximate surface area is 749 Å². The van der Waals surface area contributed by atoms with Crippen molar-refractivity contribution < 1.29 is 97.1 Å². The summed E-state index contributed by atoms with van der Waals surface area (Å²) in [4.78, 5) is 46.4. The van der Waals surface area contributed by atoms with Gasteiger partial charge in [0.05, 0.1) is 131 Å². The molecule has 3 fully saturated rings. The van der Waals surface area contributed by atoms with E-state index in [1.807, 2.05) is 0 Å². The van der Waals surface area contributed by atoms with Crippen LogP contribution in [0.5, 0.6) is 28.7 Å². The summed E-state index contributed by atoms with van der Waals surface area (Å²) in [6.45, 7) is 0.324. The number of halogens is 10. The third-order valence-electron chi connectivity index (χ3n) is 21.5. The molecule has 1 aliphatic heterocycles. The van der Waals surface area contributed by atoms with Gasteiger partial charge in [-0.3, -0.25) is 49.2 Å². The molecule has 684 valence electrons. The van der Waals surface area contributed by atoms with E-state index in [0.717, 1.165) is 30.4 Å². The molecule has 1 saturated heterocycles. The summed E-state index contributed by atoms with van der Waals surface area (Å²) >= 11 is 0. The second-order valence-electron chi connectivity index (χ2n) is 30.7. The average Bonchev–Trinajstić information content (AvgIpc) is 1.59. The predicted octanol–water partition coefficient (Wildman–Crippen LogP) is 18.1. The fourth-order valence-electron chi connectivity index (χ4n) is 13.9. The number of aromatic nitrogens is 10. The summed E-state index contributed by atoms with van der Waals surface area (Å²) < 4.78 is 166. The number of amides is 3. The number of fused-ring (bicyclic) bond motifs is 5. The number of rotatable bonds is 22. The number of H-pyrrole nitrogens is 3. The Balaban J connectivity index is 0.000000134. The predicted molar refractivity (Wildman–Crippen MR) is 485 cm³/mol. The van der Waals surface area contributed by atoms with Crippen molar-refractivity contribution in [1.29, 1.82) is 0 Å². The molecule has 15 aromatic rings. The first-order valence-electron chi connectivity index (χ1n) is 40.7. The van der Waals surface area contributed by atoms with Gasteiger partial charge < -0.3 is 60.9 Å². The number of β-amino-alcohol motifs (C(OH)–C–C–N with tert-alkyl or cyclic N) is 1. The summed E-state index contributed by atoms with van der Waals surface area (Å²) in [6, 6.07) is 35.5. The van der Waals surface area contributed by atoms with Crippen molar-refractivity contribution in [3.05, 3.63) is 276 Å². The standard InChI is InChI=1S/C21H20F2N4O3.C20H17F2N3O3.C20H17F2N3O2.C17H13F2N3O3.C17H15F2N3O/c1-30-20-6-11(2-4-14(20)22)3-5-16-13-8-18(15(23)9-17(13)27-26-16)25-21(29)19-7-12(28)10-24-19;1-28-18-5-3-11(8-14(18)22)2-4-15-12-9-17(13(21)10-16(12)25-24-15)23-19(26)20(27)6-7-20;1-27-19-7-3-11(8-15(19)22)2-6-16-13-9-18(23-20(26)12-4-5-12)14(21)10-17(13)25-24-16;1-21-15-9-12(18)16(22(23)24)8-11(15)14(20-21)5-3-10-4-6-17(25-2)13(19)7-10;1-22-16-9-12(18)14(20)8-11(16)15(21-22)5-3-10-4-6-17(23-2)13(19)7-10/h2-6,8-9,12,19,24,28H,7,10H2,1H3,(H,25,29)(H,26,27);2-5,8-10,27H,6-7H2,1H3,(H,23,26)(H,24,25);2-3,6-10,12H,4-5H2,1H3,(H,23,26)(H,24,25);3-9H,1-2H3;3-9H,20H2,1-2H3/b5-3+;4-2+;6-2+;2*5-3+/t12-,19+;;;;/m1..../s1. The molecule has 18 rings (SSSR count). The number of hydrogen-bond donors (Lipinski definition) is 10. The number of nitrogen functional groups attached to an aromatic ring is 1. The summed E-state index contributed by atoms with van der Waals surface area (Å²) in [5.41, 5.74) is 12.0. The minimum Gasteiger partial charge on any atom is -0.494 e. The van der Waals surface area contributed by atoms with Crippen LogP contribution in [0.1, 0.15) is 88.4 Å². The Morgan fingerprint density at radius 2 is 0.812 bits per heavy atom. The molecule has 6 heterocycles. The Hall–Kier alpha value is -16.0. The number of nitrogens with two attached hydrogens (primary N) is 1. The zero-order chi connectivity index (χ0) is 94.8. The van der Waals surface area contributed by atoms with Gasteiger partial charge in [0.25, 0.3) is 5.91 Å². The van der Waals surface area contributed by atoms with Crippen LogP contribution in [0.4, 0.5) is 72.3 Å². The number of aromatic amines is 3. The fourth-order valence-corrected chi connectivity index (χ4v) is 13.9. The highest BCUT2D eigenvalue weighted by Crippen LogP contribution is 2.39. The van der Waals surface area contributed by atoms with Gasteiger partial charge in [0.2, 0.25) is 17.6 Å². The summed E-state index contributed by atoms with van der Waals surface area (Å²) in [6.07, 6.45) is 18.9. The number of hydrogen-bond acceptors (Lipinski definition) is 19. The molecule has 133 heavy (non-hydrogen) atoms. The molecule has 3 amide bonds. The number of aliphatic hydroxyl groups excluding tert-OH is 1. The van der Waals surface area contributed by atoms with Crippen molar-refractivity contribution >= 4 is 161 Å². The first kappa shape index (κ1) is 93.2. The van der Waals surface area contributed by atoms with Gasteiger partial charge in [-0.2, -0.15) is 29.9 Å². The van der Waals surface area contributed by atoms with Gasteiger partial charge in [0.1, 0.15) is 28.9 Å². The molecule has 28 nitrogen and oxygen atoms in total. The van der Waals surface area contributed by atoms with Gasteiger partial charge >= 0.3 is 5.69 Å². The maximum absolute atomic E-state index is 14.4. The van der Waals surface area contributed by atoms with E-state index < -0.39 is 98.3 Å². The number of carbonyl (C=O) groups excluding carboxylic acids is 3. The monoisotopic (exact) mass is 1830 g/mol. The summed E-state index contributed by atoms with van der Waals surface area (Å²) in [5, 5.41) is 73.1. The van der Waals surface area contributed by atoms with Crippen LogP contribution in [0.2, 0.25) is 0 Å². The molecular weight excluding hydrogens is 1750 g/mol. The molecule has 11 N–H and O–H groups in total. The van der Waals surface area contributed by atoms with Crippen molar-refractivity contribution in [1.82, 2.24) is 55.5 Å². The molecule has 2 aliphatic carbocycles. The number of nitro benzene ring substituents is 1. The van der Waals surface area contributed by atoms with Gasteiger partial charge in [-0.25, -0.2) is 39.5 Å². The van der Waals surface area contributed by atoms with Crippen LogP contribution in [-0.4, -0.2) is 143 Å². The van der Waals surface area contributed by atoms with Crippen LogP contribution in [0.25, 0.3) is 115 Å². The molecule has 38 heteroatoms. The molecule has 5 aromatic heterocycles. The number of anilines is 4. The fraction of sp³-hybridized carbons (Fsp3) is 0.179. The first-order chi connectivity index (χ1) is 63.8. The van der Waals surface area contributed by atoms with Gasteiger partial charge in [-0.1, -0.05) is 60.7 Å². The van der Waals surface area contributed by atoms with Crippen LogP contribution < -0.4 is 50.7 Å². The molecule has 0 bridgehead atoms. The topological polar surface area (TPSA) is 377 Å². The van der Waals surface area contributed by atoms with Gasteiger partial charge in [0.15, 0.2) is 57.8 Å². The van der Waals surface area contributed by atoms with Crippen molar-refractivity contribution in [3.63, 3.8) is 0 Å². The largest absolute Gasteiger partial charge is 0.494 e. The van der Waals surface area contributed by atoms with Gasteiger partial charge in [-0.15, -0.1) is 0 Å². The number of methoxy groups -OCH3 is 5. The highest BCUT2D eigenvalue weighted by molar-refractivity contribution is 6.03. The van der Waals surface area contributed by atoms with E-state index in [4.69, 9.17) is 29.4 Å². The summed E-state index contributed by atoms with van der Waals surface area (Å²) in [7, 11) is 10.3. The Bertz CT molecular complexity index is 7160. The van der Waals surface area contributed by atoms with E-state index in [-0.39, 0.29) is 69.7 Å². The lowest BCUT2D eigenvalue weighted by Crippen LogP contribution is -2.35. The van der Waals surface area contributed by atoms with E-state index in [2.05, 4.69) is 62.1 Å². The molecule has 2 saturated carbocycles. The maximum atomic E-state index is 14.4. The molecule has 0 radical (unpaired) electrons. The number of nitrogens with one attached hydrogen (secondary N) is 7. The maximum Gasteiger partial charge on any atom is 0.305 e. The number of carbonyl (C=O) groups is 3. The van der Waals surface area contributed by atoms with Crippen molar-refractivity contribution in [3.8, 4) is 28.7 Å². The normalized spacial score (nSPS) is 14.4. The molecule has 2 atom stereocenters. The highest BCUT2D eigenvalue weighted by atomic mass is 19.2. The molecule has 10 aromatic carbocycles. The quantitative estimate of drug-likeness (QED) is 0.0130. The van der Waals surface area contributed by atoms with Crippen LogP contribution in [0.15, 0.2) is 152 Å². The van der Waals surface area contributed by atoms with E-state index in [1.165, 1.54) is 119 Å². The van der Waals surface area contributed by atoms with E-state index >= 15 is 0 Å². The molecular formula is C95H82F10N16O12. The summed E-state index contributed by atoms with van der Waals surface area (Å²) in [5.74, 6) is -5.96. The van der Waals surface area contributed by atoms with Crippen molar-refractivity contribution in [2.45, 2.75) is 49.9 Å². The van der Waals surface area contributed by atoms with E-state index in [9.17, 15) is 78.6 Å². The van der Waals surface area contributed by atoms with E-state index in [0.29, 0.717) is 125 Å². The lowest BCUT2D eigenvalue weighted by atomic mass is 10.1. The second-order valence-corrected chi connectivity index (χ2v) is 30.7. The SMILES string of the molecule is COc1cc(/C=C/c2n[nH]c3cc(F)c(NC(=O)[C@@H]4C[C@@H](O)CN4)cc23)ccc1F.COc1ccc(/C=C/c2n[nH]c3cc(F)c(NC(=O)C4(O)CC4)cc23)cc1F.COc1ccc(/C=C/c2n[nH]c3cc(F)c(NC(=O)C4CC4)cc23)cc1F.COc1ccc(/C=C/c2nn(C)c3cc(F)c(N)cc23)cc1F.COc1ccc(/C=C/c2nn(C)c3cc(F)c([N+](=O)[O-])cc23)cc1F. The molecule has 0 spiro atoms. The molecule has 0 unspecified atom stereocenters. The van der Waals surface area contributed by atoms with Crippen LogP contribution in [0.3, 0.4) is 0 Å². The molecule has 3 aliphatic rings. The number of nitro groups is 1. The minimum absolute atomic E-state index is 0.0196. The third kappa shape index (κ3) is 22.0. The van der Waals surface area contributed by atoms with Crippen molar-refractivity contribution in [2.75, 3.05) is 63.8 Å². The smallest absolute Gasteiger partial charge is 0.305 e. The van der Waals surface area contributed by atoms with Gasteiger partial charge in [-0.05, 0) is 175 Å². The number of benzene rings is 10. The van der Waals surface area contributed by atoms with Crippen LogP contribution in [0, 0.1) is 74.2 Å². The number of aliphatic hydroxyl groups is 2. The Morgan fingerprint density at radius 3 is 1.18 bits per heavy atom. The number of ether oxygens (including phenoxy) is 5. The van der Waals surface area contributed by atoms with E-state index in [1.54, 1.807) is 140 Å². The zero-order valence-corrected chi connectivity index (χ0v) is 71.6. The number of nitrogens with zero attached hydrogens (tertiary/aromatic N) is 8. The lowest BCUT2D eigenvalue weighted by molar-refractivity contribution is -0.387. The first-order valence-corrected chi connectivity index (χ1v) is 40.7. The second kappa shape index (κ2) is 40.4.